The molecule has 0 bridgehead atoms. The third kappa shape index (κ3) is 34.2. The molecule has 0 spiro atoms. The maximum absolute atomic E-state index is 13.0. The van der Waals surface area contributed by atoms with E-state index in [0.29, 0.717) is 6.42 Å². The molecule has 1 aliphatic heterocycles. The Morgan fingerprint density at radius 2 is 0.905 bits per heavy atom. The fraction of sp³-hybridized carbons (Fsp3) is 0.833. The van der Waals surface area contributed by atoms with Crippen LogP contribution in [-0.2, 0) is 14.3 Å². The molecule has 6 N–H and O–H groups in total. The van der Waals surface area contributed by atoms with E-state index >= 15 is 0 Å². The van der Waals surface area contributed by atoms with Crippen molar-refractivity contribution in [3.8, 4) is 0 Å². The summed E-state index contributed by atoms with van der Waals surface area (Å²) in [6.07, 6.45) is 50.3. The van der Waals surface area contributed by atoms with Gasteiger partial charge in [-0.15, -0.1) is 0 Å². The van der Waals surface area contributed by atoms with E-state index in [4.69, 9.17) is 9.47 Å². The number of allylic oxidation sites excluding steroid dienone is 7. The Hall–Kier alpha value is -1.85. The number of unbranched alkanes of at least 4 members (excludes halogenated alkanes) is 28. The minimum absolute atomic E-state index is 0.199. The van der Waals surface area contributed by atoms with E-state index in [9.17, 15) is 30.3 Å². The number of carbonyl (C=O) groups excluding carboxylic acids is 1. The molecule has 1 aliphatic rings. The molecule has 1 fully saturated rings. The van der Waals surface area contributed by atoms with Crippen molar-refractivity contribution in [1.29, 1.82) is 0 Å². The van der Waals surface area contributed by atoms with Crippen molar-refractivity contribution in [2.45, 2.75) is 275 Å². The average molecular weight is 890 g/mol. The standard InChI is InChI=1S/C54H99NO8/c1-3-5-7-9-11-13-15-17-19-21-22-23-24-25-26-27-28-29-31-33-35-37-39-41-43-48(57)47(46-62-54-53(61)52(60)51(59)49(45-56)63-54)55-50(58)44-42-40-38-36-34-32-30-20-18-16-14-12-10-8-6-4-2/h20,27-28,30,33,35,41,43,47-49,51-54,56-57,59-61H,3-19,21-26,29,31-32,34,36-40,42,44-46H2,1-2H3,(H,55,58)/b28-27+,30-20-,35-33+,43-41+. The average Bonchev–Trinajstić information content (AvgIpc) is 3.28. The Kier molecular flexibility index (Phi) is 41.3. The number of carbonyl (C=O) groups is 1. The molecule has 0 aromatic heterocycles. The van der Waals surface area contributed by atoms with Crippen LogP contribution in [0.4, 0.5) is 0 Å². The van der Waals surface area contributed by atoms with Gasteiger partial charge in [-0.25, -0.2) is 0 Å². The van der Waals surface area contributed by atoms with Crippen LogP contribution in [0, 0.1) is 0 Å². The summed E-state index contributed by atoms with van der Waals surface area (Å²) >= 11 is 0. The summed E-state index contributed by atoms with van der Waals surface area (Å²) < 4.78 is 11.2. The van der Waals surface area contributed by atoms with Gasteiger partial charge in [0.25, 0.3) is 0 Å². The highest BCUT2D eigenvalue weighted by Crippen LogP contribution is 2.23. The number of hydrogen-bond donors (Lipinski definition) is 6. The molecule has 63 heavy (non-hydrogen) atoms. The van der Waals surface area contributed by atoms with Crippen molar-refractivity contribution < 1.29 is 39.8 Å². The Morgan fingerprint density at radius 3 is 1.33 bits per heavy atom. The second-order valence-corrected chi connectivity index (χ2v) is 18.3. The van der Waals surface area contributed by atoms with Crippen molar-refractivity contribution in [1.82, 2.24) is 5.32 Å². The third-order valence-electron chi connectivity index (χ3n) is 12.4. The quantitative estimate of drug-likeness (QED) is 0.0262. The lowest BCUT2D eigenvalue weighted by Gasteiger charge is -2.40. The minimum atomic E-state index is -1.58. The molecule has 0 aromatic rings. The zero-order valence-electron chi connectivity index (χ0n) is 40.6. The van der Waals surface area contributed by atoms with E-state index in [1.54, 1.807) is 6.08 Å². The first-order chi connectivity index (χ1) is 30.8. The van der Waals surface area contributed by atoms with E-state index in [-0.39, 0.29) is 12.5 Å². The topological polar surface area (TPSA) is 149 Å². The number of nitrogens with one attached hydrogen (secondary N) is 1. The third-order valence-corrected chi connectivity index (χ3v) is 12.4. The van der Waals surface area contributed by atoms with Crippen LogP contribution in [-0.4, -0.2) is 87.5 Å². The molecule has 0 aromatic carbocycles. The molecule has 368 valence electrons. The first-order valence-electron chi connectivity index (χ1n) is 26.4. The molecule has 1 saturated heterocycles. The van der Waals surface area contributed by atoms with Crippen LogP contribution in [0.3, 0.4) is 0 Å². The lowest BCUT2D eigenvalue weighted by Crippen LogP contribution is -2.60. The van der Waals surface area contributed by atoms with Gasteiger partial charge in [0.15, 0.2) is 6.29 Å². The lowest BCUT2D eigenvalue weighted by molar-refractivity contribution is -0.302. The molecule has 0 saturated carbocycles. The number of aliphatic hydroxyl groups is 5. The molecule has 1 heterocycles. The molecule has 7 unspecified atom stereocenters. The van der Waals surface area contributed by atoms with Crippen LogP contribution in [0.2, 0.25) is 0 Å². The maximum Gasteiger partial charge on any atom is 0.220 e. The highest BCUT2D eigenvalue weighted by Gasteiger charge is 2.44. The molecule has 7 atom stereocenters. The Labute approximate surface area is 386 Å². The molecule has 1 amide bonds. The summed E-state index contributed by atoms with van der Waals surface area (Å²) in [4.78, 5) is 13.0. The fourth-order valence-electron chi connectivity index (χ4n) is 8.12. The van der Waals surface area contributed by atoms with Gasteiger partial charge in [0.1, 0.15) is 24.4 Å². The van der Waals surface area contributed by atoms with Gasteiger partial charge in [0.2, 0.25) is 5.91 Å². The van der Waals surface area contributed by atoms with Crippen LogP contribution in [0.15, 0.2) is 48.6 Å². The van der Waals surface area contributed by atoms with Gasteiger partial charge in [0.05, 0.1) is 25.4 Å². The van der Waals surface area contributed by atoms with Crippen LogP contribution < -0.4 is 5.32 Å². The largest absolute Gasteiger partial charge is 0.394 e. The van der Waals surface area contributed by atoms with Crippen LogP contribution in [0.1, 0.15) is 232 Å². The summed E-state index contributed by atoms with van der Waals surface area (Å²) in [7, 11) is 0. The smallest absolute Gasteiger partial charge is 0.220 e. The minimum Gasteiger partial charge on any atom is -0.394 e. The molecule has 9 nitrogen and oxygen atoms in total. The van der Waals surface area contributed by atoms with Crippen molar-refractivity contribution >= 4 is 5.91 Å². The Bertz CT molecular complexity index is 1130. The zero-order valence-corrected chi connectivity index (χ0v) is 40.6. The second kappa shape index (κ2) is 44.0. The van der Waals surface area contributed by atoms with E-state index in [1.807, 2.05) is 6.08 Å². The maximum atomic E-state index is 13.0. The van der Waals surface area contributed by atoms with Gasteiger partial charge >= 0.3 is 0 Å². The molecule has 0 radical (unpaired) electrons. The van der Waals surface area contributed by atoms with E-state index in [1.165, 1.54) is 148 Å². The summed E-state index contributed by atoms with van der Waals surface area (Å²) in [5.74, 6) is -0.199. The first-order valence-corrected chi connectivity index (χ1v) is 26.4. The normalized spacial score (nSPS) is 20.5. The molecule has 0 aliphatic carbocycles. The highest BCUT2D eigenvalue weighted by molar-refractivity contribution is 5.76. The molecular formula is C54H99NO8. The van der Waals surface area contributed by atoms with E-state index < -0.39 is 49.5 Å². The van der Waals surface area contributed by atoms with Gasteiger partial charge < -0.3 is 40.3 Å². The van der Waals surface area contributed by atoms with E-state index in [2.05, 4.69) is 55.6 Å². The van der Waals surface area contributed by atoms with Crippen LogP contribution in [0.5, 0.6) is 0 Å². The summed E-state index contributed by atoms with van der Waals surface area (Å²) in [5, 5.41) is 54.3. The van der Waals surface area contributed by atoms with Crippen molar-refractivity contribution in [2.24, 2.45) is 0 Å². The SMILES string of the molecule is CCCCCCCCC/C=C\CCCCCCCC(=O)NC(COC1OC(CO)C(O)C(O)C1O)C(O)/C=C/CC/C=C/CC/C=C/CCCCCCCCCCCCCCCC. The number of aliphatic hydroxyl groups excluding tert-OH is 5. The number of rotatable bonds is 44. The monoisotopic (exact) mass is 890 g/mol. The number of ether oxygens (including phenoxy) is 2. The Morgan fingerprint density at radius 1 is 0.524 bits per heavy atom. The first kappa shape index (κ1) is 59.2. The summed E-state index contributed by atoms with van der Waals surface area (Å²) in [6.45, 7) is 3.76. The number of hydrogen-bond acceptors (Lipinski definition) is 8. The van der Waals surface area contributed by atoms with Gasteiger partial charge in [0, 0.05) is 6.42 Å². The molecule has 1 rings (SSSR count). The predicted molar refractivity (Wildman–Crippen MR) is 263 cm³/mol. The van der Waals surface area contributed by atoms with Gasteiger partial charge in [-0.3, -0.25) is 4.79 Å². The van der Waals surface area contributed by atoms with Crippen molar-refractivity contribution in [3.05, 3.63) is 48.6 Å². The van der Waals surface area contributed by atoms with Gasteiger partial charge in [-0.05, 0) is 70.6 Å². The van der Waals surface area contributed by atoms with Crippen LogP contribution >= 0.6 is 0 Å². The van der Waals surface area contributed by atoms with Crippen molar-refractivity contribution in [2.75, 3.05) is 13.2 Å². The highest BCUT2D eigenvalue weighted by atomic mass is 16.7. The summed E-state index contributed by atoms with van der Waals surface area (Å²) in [5.41, 5.74) is 0. The fourth-order valence-corrected chi connectivity index (χ4v) is 8.12. The molecular weight excluding hydrogens is 791 g/mol. The predicted octanol–water partition coefficient (Wildman–Crippen LogP) is 12.2. The molecule has 9 heteroatoms. The number of amides is 1. The van der Waals surface area contributed by atoms with Crippen molar-refractivity contribution in [3.63, 3.8) is 0 Å². The van der Waals surface area contributed by atoms with Crippen LogP contribution in [0.25, 0.3) is 0 Å². The van der Waals surface area contributed by atoms with E-state index in [0.717, 1.165) is 64.2 Å². The summed E-state index contributed by atoms with van der Waals surface area (Å²) in [6, 6.07) is -0.833. The lowest BCUT2D eigenvalue weighted by atomic mass is 9.99. The Balaban J connectivity index is 2.32. The van der Waals surface area contributed by atoms with Gasteiger partial charge in [-0.1, -0.05) is 204 Å². The van der Waals surface area contributed by atoms with Gasteiger partial charge in [-0.2, -0.15) is 0 Å². The second-order valence-electron chi connectivity index (χ2n) is 18.3. The zero-order chi connectivity index (χ0) is 45.9.